The van der Waals surface area contributed by atoms with Gasteiger partial charge in [0.05, 0.1) is 6.61 Å². The molecule has 2 aliphatic heterocycles. The van der Waals surface area contributed by atoms with Crippen molar-refractivity contribution in [2.75, 3.05) is 32.8 Å². The van der Waals surface area contributed by atoms with Gasteiger partial charge in [0.1, 0.15) is 12.4 Å². The van der Waals surface area contributed by atoms with Gasteiger partial charge in [0.25, 0.3) is 0 Å². The van der Waals surface area contributed by atoms with Crippen molar-refractivity contribution >= 4 is 12.0 Å². The second-order valence-corrected chi connectivity index (χ2v) is 11.8. The van der Waals surface area contributed by atoms with Crippen LogP contribution < -0.4 is 10.2 Å². The van der Waals surface area contributed by atoms with Gasteiger partial charge < -0.3 is 24.5 Å². The average molecular weight is 498 g/mol. The molecule has 0 aromatic heterocycles. The summed E-state index contributed by atoms with van der Waals surface area (Å²) in [4.78, 5) is 28.7. The van der Waals surface area contributed by atoms with Gasteiger partial charge in [-0.3, -0.25) is 4.79 Å². The Balaban J connectivity index is 1.08. The van der Waals surface area contributed by atoms with E-state index in [9.17, 15) is 14.8 Å². The lowest BCUT2D eigenvalue weighted by atomic mass is 9.55. The lowest BCUT2D eigenvalue weighted by Crippen LogP contribution is -2.52. The minimum absolute atomic E-state index is 0.0546. The van der Waals surface area contributed by atoms with Gasteiger partial charge in [0.2, 0.25) is 5.91 Å². The number of nitrogens with one attached hydrogen (secondary N) is 1. The van der Waals surface area contributed by atoms with Crippen molar-refractivity contribution < 1.29 is 24.3 Å². The van der Waals surface area contributed by atoms with Gasteiger partial charge in [0, 0.05) is 31.7 Å². The van der Waals surface area contributed by atoms with Crippen LogP contribution >= 0.6 is 0 Å². The largest absolute Gasteiger partial charge is 0.415 e. The van der Waals surface area contributed by atoms with Gasteiger partial charge in [-0.15, -0.1) is 0 Å². The topological polar surface area (TPSA) is 91.3 Å². The van der Waals surface area contributed by atoms with Crippen LogP contribution in [0.3, 0.4) is 0 Å². The maximum Gasteiger partial charge on any atom is 0.415 e. The Morgan fingerprint density at radius 3 is 2.75 bits per heavy atom. The number of amides is 2. The minimum atomic E-state index is -0.294. The van der Waals surface area contributed by atoms with Crippen molar-refractivity contribution in [3.8, 4) is 5.75 Å². The number of carbonyl (C=O) groups is 2. The number of hydrogen-bond acceptors (Lipinski definition) is 6. The maximum absolute atomic E-state index is 12.9. The van der Waals surface area contributed by atoms with Gasteiger partial charge in [-0.05, 0) is 97.8 Å². The summed E-state index contributed by atoms with van der Waals surface area (Å²) in [5, 5.41) is 9.69. The normalized spacial score (nSPS) is 34.7. The van der Waals surface area contributed by atoms with Crippen molar-refractivity contribution in [2.24, 2.45) is 17.3 Å². The molecule has 0 spiro atoms. The molecule has 2 heterocycles. The van der Waals surface area contributed by atoms with Crippen molar-refractivity contribution in [3.05, 3.63) is 29.3 Å². The van der Waals surface area contributed by atoms with Crippen LogP contribution in [0.25, 0.3) is 0 Å². The molecule has 4 fully saturated rings. The predicted molar refractivity (Wildman–Crippen MR) is 133 cm³/mol. The number of ether oxygens (including phenoxy) is 2. The van der Waals surface area contributed by atoms with E-state index in [1.165, 1.54) is 24.0 Å². The number of hydroxylamine groups is 1. The summed E-state index contributed by atoms with van der Waals surface area (Å²) < 4.78 is 11.1. The highest BCUT2D eigenvalue weighted by atomic mass is 16.6. The van der Waals surface area contributed by atoms with Crippen LogP contribution in [0.2, 0.25) is 0 Å². The summed E-state index contributed by atoms with van der Waals surface area (Å²) in [6.45, 7) is 4.98. The van der Waals surface area contributed by atoms with E-state index in [0.29, 0.717) is 49.7 Å². The van der Waals surface area contributed by atoms with Crippen LogP contribution in [0, 0.1) is 17.3 Å². The Labute approximate surface area is 213 Å². The molecule has 8 nitrogen and oxygen atoms in total. The monoisotopic (exact) mass is 497 g/mol. The Kier molecular flexibility index (Phi) is 6.46. The summed E-state index contributed by atoms with van der Waals surface area (Å²) in [7, 11) is 0. The Morgan fingerprint density at radius 1 is 1.14 bits per heavy atom. The van der Waals surface area contributed by atoms with Crippen LogP contribution in [-0.2, 0) is 16.0 Å². The van der Waals surface area contributed by atoms with E-state index in [2.05, 4.69) is 24.5 Å². The summed E-state index contributed by atoms with van der Waals surface area (Å²) in [5.41, 5.74) is 5.56. The first-order valence-electron chi connectivity index (χ1n) is 13.8. The zero-order valence-corrected chi connectivity index (χ0v) is 21.3. The second-order valence-electron chi connectivity index (χ2n) is 11.8. The smallest absolute Gasteiger partial charge is 0.410 e. The van der Waals surface area contributed by atoms with Gasteiger partial charge in [-0.25, -0.2) is 10.3 Å². The summed E-state index contributed by atoms with van der Waals surface area (Å²) >= 11 is 0. The fourth-order valence-corrected chi connectivity index (χ4v) is 8.28. The molecular formula is C28H39N3O5. The first kappa shape index (κ1) is 24.2. The van der Waals surface area contributed by atoms with Crippen molar-refractivity contribution in [1.82, 2.24) is 15.3 Å². The molecule has 36 heavy (non-hydrogen) atoms. The standard InChI is InChI=1S/C28H39N3O5/c1-28-11-8-22-21-5-3-20(16-18(21)2-4-23(22)24(28)6-7-25(28)29-34)36-27(33)30-12-9-19(10-13-30)31-14-15-35-17-26(31)32/h3,5,16,19,22-25,29,34H,2,4,6-15,17H2,1H3. The molecule has 1 aromatic carbocycles. The summed E-state index contributed by atoms with van der Waals surface area (Å²) in [6, 6.07) is 6.65. The van der Waals surface area contributed by atoms with E-state index in [-0.39, 0.29) is 36.1 Å². The number of hydrogen-bond donors (Lipinski definition) is 2. The Morgan fingerprint density at radius 2 is 1.97 bits per heavy atom. The third-order valence-corrected chi connectivity index (χ3v) is 10.2. The average Bonchev–Trinajstić information content (AvgIpc) is 3.25. The lowest BCUT2D eigenvalue weighted by molar-refractivity contribution is -0.146. The quantitative estimate of drug-likeness (QED) is 0.619. The van der Waals surface area contributed by atoms with Crippen LogP contribution in [0.1, 0.15) is 68.9 Å². The van der Waals surface area contributed by atoms with E-state index in [0.717, 1.165) is 38.5 Å². The second kappa shape index (κ2) is 9.62. The molecule has 5 aliphatic rings. The highest BCUT2D eigenvalue weighted by Crippen LogP contribution is 2.60. The van der Waals surface area contributed by atoms with Crippen LogP contribution in [0.5, 0.6) is 5.75 Å². The van der Waals surface area contributed by atoms with Crippen LogP contribution in [0.15, 0.2) is 18.2 Å². The van der Waals surface area contributed by atoms with Gasteiger partial charge in [0.15, 0.2) is 0 Å². The fourth-order valence-electron chi connectivity index (χ4n) is 8.28. The molecule has 2 N–H and O–H groups in total. The molecule has 1 aromatic rings. The molecule has 8 heteroatoms. The number of nitrogens with zero attached hydrogens (tertiary/aromatic N) is 2. The summed E-state index contributed by atoms with van der Waals surface area (Å²) in [5.74, 6) is 2.58. The van der Waals surface area contributed by atoms with E-state index in [1.807, 2.05) is 11.0 Å². The number of rotatable bonds is 3. The van der Waals surface area contributed by atoms with Crippen molar-refractivity contribution in [2.45, 2.75) is 76.3 Å². The third kappa shape index (κ3) is 4.11. The molecular weight excluding hydrogens is 458 g/mol. The molecule has 5 atom stereocenters. The molecule has 196 valence electrons. The SMILES string of the molecule is CC12CCC3c4ccc(OC(=O)N5CCC(N6CCOCC6=O)CC5)cc4CCC3C1CCC2NO. The molecule has 0 radical (unpaired) electrons. The highest BCUT2D eigenvalue weighted by Gasteiger charge is 2.54. The Hall–Kier alpha value is -2.16. The summed E-state index contributed by atoms with van der Waals surface area (Å²) in [6.07, 6.45) is 7.99. The molecule has 0 bridgehead atoms. The lowest BCUT2D eigenvalue weighted by Gasteiger charge is -2.50. The van der Waals surface area contributed by atoms with Gasteiger partial charge in [-0.2, -0.15) is 0 Å². The maximum atomic E-state index is 12.9. The molecule has 6 rings (SSSR count). The number of aryl methyl sites for hydroxylation is 1. The molecule has 3 aliphatic carbocycles. The predicted octanol–water partition coefficient (Wildman–Crippen LogP) is 3.71. The van der Waals surface area contributed by atoms with Crippen molar-refractivity contribution in [3.63, 3.8) is 0 Å². The Bertz CT molecular complexity index is 1010. The molecule has 2 saturated heterocycles. The minimum Gasteiger partial charge on any atom is -0.410 e. The zero-order chi connectivity index (χ0) is 24.9. The van der Waals surface area contributed by atoms with E-state index < -0.39 is 0 Å². The van der Waals surface area contributed by atoms with E-state index in [4.69, 9.17) is 9.47 Å². The fraction of sp³-hybridized carbons (Fsp3) is 0.714. The van der Waals surface area contributed by atoms with Crippen molar-refractivity contribution in [1.29, 1.82) is 0 Å². The van der Waals surface area contributed by atoms with Crippen LogP contribution in [0.4, 0.5) is 4.79 Å². The molecule has 2 saturated carbocycles. The zero-order valence-electron chi connectivity index (χ0n) is 21.3. The van der Waals surface area contributed by atoms with Crippen LogP contribution in [-0.4, -0.2) is 71.9 Å². The number of fused-ring (bicyclic) bond motifs is 5. The van der Waals surface area contributed by atoms with Gasteiger partial charge in [-0.1, -0.05) is 13.0 Å². The first-order chi connectivity index (χ1) is 17.5. The molecule has 5 unspecified atom stereocenters. The van der Waals surface area contributed by atoms with E-state index in [1.54, 1.807) is 4.90 Å². The first-order valence-corrected chi connectivity index (χ1v) is 13.8. The highest BCUT2D eigenvalue weighted by molar-refractivity contribution is 5.78. The van der Waals surface area contributed by atoms with Gasteiger partial charge >= 0.3 is 6.09 Å². The number of morpholine rings is 1. The molecule has 2 amide bonds. The number of benzene rings is 1. The number of carbonyl (C=O) groups excluding carboxylic acids is 2. The van der Waals surface area contributed by atoms with E-state index >= 15 is 0 Å². The third-order valence-electron chi connectivity index (χ3n) is 10.2. The number of piperidine rings is 1. The number of likely N-dealkylation sites (tertiary alicyclic amines) is 1.